The molecule has 0 saturated carbocycles. The molecule has 0 heterocycles. The average Bonchev–Trinajstić information content (AvgIpc) is 2.14. The van der Waals surface area contributed by atoms with Crippen LogP contribution in [-0.4, -0.2) is 13.0 Å². The van der Waals surface area contributed by atoms with Gasteiger partial charge in [0.2, 0.25) is 0 Å². The second kappa shape index (κ2) is 4.21. The molecule has 0 aliphatic rings. The van der Waals surface area contributed by atoms with Gasteiger partial charge >= 0.3 is 0 Å². The second-order valence-electron chi connectivity index (χ2n) is 4.99. The van der Waals surface area contributed by atoms with Crippen molar-refractivity contribution in [3.8, 4) is 0 Å². The molecule has 0 spiro atoms. The molecule has 4 heteroatoms. The highest BCUT2D eigenvalue weighted by atomic mass is 28.3. The Balaban J connectivity index is 3.17. The molecule has 0 unspecified atom stereocenters. The highest BCUT2D eigenvalue weighted by Gasteiger charge is 2.20. The molecule has 1 aromatic carbocycles. The summed E-state index contributed by atoms with van der Waals surface area (Å²) in [6.45, 7) is 12.5. The van der Waals surface area contributed by atoms with E-state index in [4.69, 9.17) is 0 Å². The van der Waals surface area contributed by atoms with Gasteiger partial charge in [-0.05, 0) is 24.6 Å². The Morgan fingerprint density at radius 2 is 1.94 bits per heavy atom. The molecule has 86 valence electrons. The van der Waals surface area contributed by atoms with Gasteiger partial charge < -0.3 is 0 Å². The Hall–Kier alpha value is -1.42. The lowest BCUT2D eigenvalue weighted by Gasteiger charge is -2.20. The number of nitro groups is 1. The zero-order valence-electron chi connectivity index (χ0n) is 10.2. The maximum atomic E-state index is 10.7. The van der Waals surface area contributed by atoms with Crippen molar-refractivity contribution in [2.24, 2.45) is 0 Å². The van der Waals surface area contributed by atoms with Crippen molar-refractivity contribution < 1.29 is 4.92 Å². The van der Waals surface area contributed by atoms with Gasteiger partial charge in [-0.25, -0.2) is 0 Å². The van der Waals surface area contributed by atoms with Crippen LogP contribution in [0.2, 0.25) is 19.6 Å². The van der Waals surface area contributed by atoms with E-state index in [2.05, 4.69) is 26.2 Å². The van der Waals surface area contributed by atoms with E-state index in [9.17, 15) is 10.1 Å². The standard InChI is InChI=1S/C12H17NO2Si/c1-9-8-11(10(2)16(3,4)5)6-7-12(9)13(14)15/h6-8H,2H2,1,3-5H3. The number of benzene rings is 1. The quantitative estimate of drug-likeness (QED) is 0.454. The summed E-state index contributed by atoms with van der Waals surface area (Å²) in [7, 11) is -1.43. The van der Waals surface area contributed by atoms with E-state index in [0.717, 1.165) is 10.8 Å². The Morgan fingerprint density at radius 3 is 2.31 bits per heavy atom. The maximum absolute atomic E-state index is 10.7. The van der Waals surface area contributed by atoms with E-state index >= 15 is 0 Å². The van der Waals surface area contributed by atoms with Gasteiger partial charge in [-0.2, -0.15) is 0 Å². The van der Waals surface area contributed by atoms with Gasteiger partial charge in [-0.3, -0.25) is 10.1 Å². The Bertz CT molecular complexity index is 447. The topological polar surface area (TPSA) is 43.1 Å². The first-order chi connectivity index (χ1) is 7.23. The fourth-order valence-corrected chi connectivity index (χ4v) is 2.50. The number of rotatable bonds is 3. The van der Waals surface area contributed by atoms with Gasteiger partial charge in [-0.1, -0.05) is 31.4 Å². The summed E-state index contributed by atoms with van der Waals surface area (Å²) in [4.78, 5) is 10.3. The van der Waals surface area contributed by atoms with E-state index in [1.807, 2.05) is 6.07 Å². The van der Waals surface area contributed by atoms with Crippen LogP contribution < -0.4 is 0 Å². The number of hydrogen-bond donors (Lipinski definition) is 0. The first kappa shape index (κ1) is 12.6. The molecule has 0 aromatic heterocycles. The minimum absolute atomic E-state index is 0.173. The number of nitro benzene ring substituents is 1. The summed E-state index contributed by atoms with van der Waals surface area (Å²) in [5.41, 5.74) is 1.90. The van der Waals surface area contributed by atoms with Crippen LogP contribution in [0.3, 0.4) is 0 Å². The van der Waals surface area contributed by atoms with E-state index in [-0.39, 0.29) is 10.6 Å². The van der Waals surface area contributed by atoms with Crippen molar-refractivity contribution in [1.29, 1.82) is 0 Å². The monoisotopic (exact) mass is 235 g/mol. The number of hydrogen-bond acceptors (Lipinski definition) is 2. The molecule has 0 amide bonds. The van der Waals surface area contributed by atoms with E-state index in [1.54, 1.807) is 19.1 Å². The Kier molecular flexibility index (Phi) is 3.33. The third kappa shape index (κ3) is 2.58. The van der Waals surface area contributed by atoms with Gasteiger partial charge in [0.05, 0.1) is 13.0 Å². The molecule has 0 radical (unpaired) electrons. The van der Waals surface area contributed by atoms with Crippen molar-refractivity contribution in [1.82, 2.24) is 0 Å². The lowest BCUT2D eigenvalue weighted by molar-refractivity contribution is -0.385. The van der Waals surface area contributed by atoms with Crippen LogP contribution in [-0.2, 0) is 0 Å². The summed E-state index contributed by atoms with van der Waals surface area (Å²) in [5.74, 6) is 0. The zero-order valence-corrected chi connectivity index (χ0v) is 11.2. The van der Waals surface area contributed by atoms with Crippen molar-refractivity contribution in [3.05, 3.63) is 46.0 Å². The smallest absolute Gasteiger partial charge is 0.258 e. The zero-order chi connectivity index (χ0) is 12.5. The molecule has 0 bridgehead atoms. The molecule has 0 aliphatic heterocycles. The molecular formula is C12H17NO2Si. The second-order valence-corrected chi connectivity index (χ2v) is 10.1. The normalized spacial score (nSPS) is 11.2. The lowest BCUT2D eigenvalue weighted by Crippen LogP contribution is -2.21. The van der Waals surface area contributed by atoms with Crippen LogP contribution in [0.15, 0.2) is 24.8 Å². The highest BCUT2D eigenvalue weighted by Crippen LogP contribution is 2.27. The lowest BCUT2D eigenvalue weighted by atomic mass is 10.1. The van der Waals surface area contributed by atoms with Gasteiger partial charge in [0, 0.05) is 11.6 Å². The summed E-state index contributed by atoms with van der Waals surface area (Å²) in [6.07, 6.45) is 0. The highest BCUT2D eigenvalue weighted by molar-refractivity contribution is 6.93. The third-order valence-electron chi connectivity index (χ3n) is 2.65. The fourth-order valence-electron chi connectivity index (χ4n) is 1.48. The molecule has 16 heavy (non-hydrogen) atoms. The van der Waals surface area contributed by atoms with E-state index in [0.29, 0.717) is 5.56 Å². The van der Waals surface area contributed by atoms with Crippen molar-refractivity contribution >= 4 is 19.0 Å². The van der Waals surface area contributed by atoms with Gasteiger partial charge in [-0.15, -0.1) is 0 Å². The van der Waals surface area contributed by atoms with Crippen molar-refractivity contribution in [2.75, 3.05) is 0 Å². The third-order valence-corrected chi connectivity index (χ3v) is 4.75. The van der Waals surface area contributed by atoms with Crippen LogP contribution in [0, 0.1) is 17.0 Å². The number of aryl methyl sites for hydroxylation is 1. The maximum Gasteiger partial charge on any atom is 0.272 e. The molecule has 1 aromatic rings. The Labute approximate surface area is 97.0 Å². The summed E-state index contributed by atoms with van der Waals surface area (Å²) in [5, 5.41) is 11.8. The van der Waals surface area contributed by atoms with Gasteiger partial charge in [0.25, 0.3) is 5.69 Å². The predicted octanol–water partition coefficient (Wildman–Crippen LogP) is 3.79. The summed E-state index contributed by atoms with van der Waals surface area (Å²) < 4.78 is 0. The Morgan fingerprint density at radius 1 is 1.38 bits per heavy atom. The van der Waals surface area contributed by atoms with Crippen LogP contribution in [0.25, 0.3) is 5.20 Å². The number of nitrogens with zero attached hydrogens (tertiary/aromatic N) is 1. The van der Waals surface area contributed by atoms with Crippen LogP contribution in [0.4, 0.5) is 5.69 Å². The molecule has 1 rings (SSSR count). The molecule has 0 aliphatic carbocycles. The molecule has 0 fully saturated rings. The average molecular weight is 235 g/mol. The molecule has 0 saturated heterocycles. The molecule has 0 atom stereocenters. The predicted molar refractivity (Wildman–Crippen MR) is 70.2 cm³/mol. The SMILES string of the molecule is C=C(c1ccc([N+](=O)[O-])c(C)c1)[Si](C)(C)C. The molecular weight excluding hydrogens is 218 g/mol. The minimum atomic E-state index is -1.43. The van der Waals surface area contributed by atoms with E-state index < -0.39 is 8.07 Å². The van der Waals surface area contributed by atoms with Crippen molar-refractivity contribution in [2.45, 2.75) is 26.6 Å². The minimum Gasteiger partial charge on any atom is -0.258 e. The van der Waals surface area contributed by atoms with E-state index in [1.165, 1.54) is 0 Å². The molecule has 3 nitrogen and oxygen atoms in total. The van der Waals surface area contributed by atoms with Gasteiger partial charge in [0.15, 0.2) is 0 Å². The van der Waals surface area contributed by atoms with Crippen LogP contribution >= 0.6 is 0 Å². The fraction of sp³-hybridized carbons (Fsp3) is 0.333. The first-order valence-electron chi connectivity index (χ1n) is 5.18. The van der Waals surface area contributed by atoms with Crippen molar-refractivity contribution in [3.63, 3.8) is 0 Å². The largest absolute Gasteiger partial charge is 0.272 e. The molecule has 0 N–H and O–H groups in total. The summed E-state index contributed by atoms with van der Waals surface area (Å²) >= 11 is 0. The first-order valence-corrected chi connectivity index (χ1v) is 8.68. The van der Waals surface area contributed by atoms with Crippen LogP contribution in [0.1, 0.15) is 11.1 Å². The van der Waals surface area contributed by atoms with Crippen LogP contribution in [0.5, 0.6) is 0 Å². The summed E-state index contributed by atoms with van der Waals surface area (Å²) in [6, 6.07) is 5.22. The van der Waals surface area contributed by atoms with Gasteiger partial charge in [0.1, 0.15) is 0 Å².